The standard InChI is InChI=1S/C18H23Br/c19-13-18(15-4-2-1-3-5-15)12-14-6-8-16(9-7-14)17-10-11-17/h6-9,12,15,17H,1-5,10-11,13H2. The average molecular weight is 319 g/mol. The number of hydrogen-bond acceptors (Lipinski definition) is 0. The molecular weight excluding hydrogens is 296 g/mol. The molecule has 0 radical (unpaired) electrons. The van der Waals surface area contributed by atoms with E-state index >= 15 is 0 Å². The molecule has 0 bridgehead atoms. The Morgan fingerprint density at radius 1 is 1.00 bits per heavy atom. The largest absolute Gasteiger partial charge is 0.0880 e. The summed E-state index contributed by atoms with van der Waals surface area (Å²) in [5.74, 6) is 1.68. The van der Waals surface area contributed by atoms with Crippen LogP contribution in [0.15, 0.2) is 29.8 Å². The van der Waals surface area contributed by atoms with E-state index in [4.69, 9.17) is 0 Å². The minimum Gasteiger partial charge on any atom is -0.0880 e. The molecule has 0 N–H and O–H groups in total. The predicted molar refractivity (Wildman–Crippen MR) is 86.8 cm³/mol. The molecule has 19 heavy (non-hydrogen) atoms. The van der Waals surface area contributed by atoms with Gasteiger partial charge in [-0.15, -0.1) is 0 Å². The van der Waals surface area contributed by atoms with Crippen LogP contribution in [0.1, 0.15) is 62.0 Å². The Labute approximate surface area is 125 Å². The van der Waals surface area contributed by atoms with Crippen LogP contribution in [0.3, 0.4) is 0 Å². The van der Waals surface area contributed by atoms with Crippen LogP contribution in [0.25, 0.3) is 6.08 Å². The maximum Gasteiger partial charge on any atom is 0.0247 e. The van der Waals surface area contributed by atoms with Crippen molar-refractivity contribution in [2.45, 2.75) is 50.9 Å². The zero-order valence-electron chi connectivity index (χ0n) is 11.6. The Bertz CT molecular complexity index is 433. The van der Waals surface area contributed by atoms with Crippen molar-refractivity contribution in [3.05, 3.63) is 41.0 Å². The number of rotatable bonds is 4. The van der Waals surface area contributed by atoms with Gasteiger partial charge in [-0.25, -0.2) is 0 Å². The van der Waals surface area contributed by atoms with E-state index in [1.165, 1.54) is 56.1 Å². The SMILES string of the molecule is BrCC(=Cc1ccc(C2CC2)cc1)C1CCCCC1. The fraction of sp³-hybridized carbons (Fsp3) is 0.556. The third kappa shape index (κ3) is 3.51. The molecule has 2 saturated carbocycles. The van der Waals surface area contributed by atoms with Crippen LogP contribution in [-0.4, -0.2) is 5.33 Å². The fourth-order valence-corrected chi connectivity index (χ4v) is 3.85. The van der Waals surface area contributed by atoms with Gasteiger partial charge in [0.05, 0.1) is 0 Å². The molecule has 0 unspecified atom stereocenters. The summed E-state index contributed by atoms with van der Waals surface area (Å²) in [5.41, 5.74) is 4.51. The van der Waals surface area contributed by atoms with Crippen LogP contribution in [0.4, 0.5) is 0 Å². The molecule has 0 saturated heterocycles. The molecule has 2 fully saturated rings. The van der Waals surface area contributed by atoms with Crippen molar-refractivity contribution in [2.75, 3.05) is 5.33 Å². The zero-order chi connectivity index (χ0) is 13.1. The molecule has 102 valence electrons. The van der Waals surface area contributed by atoms with Crippen LogP contribution in [0, 0.1) is 5.92 Å². The summed E-state index contributed by atoms with van der Waals surface area (Å²) in [6.07, 6.45) is 12.2. The summed E-state index contributed by atoms with van der Waals surface area (Å²) in [4.78, 5) is 0. The first-order valence-corrected chi connectivity index (χ1v) is 8.85. The van der Waals surface area contributed by atoms with Gasteiger partial charge in [0.2, 0.25) is 0 Å². The Balaban J connectivity index is 1.73. The van der Waals surface area contributed by atoms with Gasteiger partial charge in [-0.05, 0) is 48.6 Å². The van der Waals surface area contributed by atoms with E-state index < -0.39 is 0 Å². The van der Waals surface area contributed by atoms with Gasteiger partial charge in [0.15, 0.2) is 0 Å². The number of allylic oxidation sites excluding steroid dienone is 1. The van der Waals surface area contributed by atoms with E-state index in [9.17, 15) is 0 Å². The molecule has 0 amide bonds. The molecule has 1 aromatic carbocycles. The summed E-state index contributed by atoms with van der Waals surface area (Å²) < 4.78 is 0. The van der Waals surface area contributed by atoms with Crippen molar-refractivity contribution in [2.24, 2.45) is 5.92 Å². The number of alkyl halides is 1. The Morgan fingerprint density at radius 3 is 2.26 bits per heavy atom. The molecule has 1 heteroatoms. The second-order valence-electron chi connectivity index (χ2n) is 6.13. The molecular formula is C18H23Br. The number of hydrogen-bond donors (Lipinski definition) is 0. The van der Waals surface area contributed by atoms with Crippen LogP contribution < -0.4 is 0 Å². The monoisotopic (exact) mass is 318 g/mol. The van der Waals surface area contributed by atoms with Crippen molar-refractivity contribution in [3.63, 3.8) is 0 Å². The molecule has 0 aliphatic heterocycles. The normalized spacial score (nSPS) is 21.6. The highest BCUT2D eigenvalue weighted by atomic mass is 79.9. The maximum absolute atomic E-state index is 3.69. The van der Waals surface area contributed by atoms with Gasteiger partial charge in [-0.1, -0.05) is 71.1 Å². The van der Waals surface area contributed by atoms with E-state index in [0.717, 1.165) is 17.2 Å². The molecule has 3 rings (SSSR count). The maximum atomic E-state index is 3.69. The average Bonchev–Trinajstić information content (AvgIpc) is 3.31. The van der Waals surface area contributed by atoms with Gasteiger partial charge < -0.3 is 0 Å². The minimum atomic E-state index is 0.816. The van der Waals surface area contributed by atoms with E-state index in [0.29, 0.717) is 0 Å². The summed E-state index contributed by atoms with van der Waals surface area (Å²) >= 11 is 3.69. The first-order chi connectivity index (χ1) is 9.36. The third-order valence-electron chi connectivity index (χ3n) is 4.62. The Morgan fingerprint density at radius 2 is 1.68 bits per heavy atom. The molecule has 1 aromatic rings. The van der Waals surface area contributed by atoms with Gasteiger partial charge >= 0.3 is 0 Å². The summed E-state index contributed by atoms with van der Waals surface area (Å²) in [7, 11) is 0. The zero-order valence-corrected chi connectivity index (χ0v) is 13.2. The molecule has 0 spiro atoms. The highest BCUT2D eigenvalue weighted by Gasteiger charge is 2.23. The number of benzene rings is 1. The van der Waals surface area contributed by atoms with Crippen LogP contribution >= 0.6 is 15.9 Å². The van der Waals surface area contributed by atoms with Crippen molar-refractivity contribution < 1.29 is 0 Å². The van der Waals surface area contributed by atoms with Crippen LogP contribution in [0.2, 0.25) is 0 Å². The van der Waals surface area contributed by atoms with Crippen LogP contribution in [-0.2, 0) is 0 Å². The summed E-state index contributed by atoms with van der Waals surface area (Å²) in [5, 5.41) is 1.03. The second-order valence-corrected chi connectivity index (χ2v) is 6.69. The molecule has 0 heterocycles. The molecule has 0 nitrogen and oxygen atoms in total. The molecule has 2 aliphatic rings. The van der Waals surface area contributed by atoms with Crippen molar-refractivity contribution in [1.29, 1.82) is 0 Å². The molecule has 0 aromatic heterocycles. The molecule has 2 aliphatic carbocycles. The highest BCUT2D eigenvalue weighted by molar-refractivity contribution is 9.09. The smallest absolute Gasteiger partial charge is 0.0247 e. The van der Waals surface area contributed by atoms with Gasteiger partial charge in [-0.2, -0.15) is 0 Å². The predicted octanol–water partition coefficient (Wildman–Crippen LogP) is 5.92. The molecule has 0 atom stereocenters. The van der Waals surface area contributed by atoms with E-state index in [2.05, 4.69) is 46.3 Å². The second kappa shape index (κ2) is 6.26. The Hall–Kier alpha value is -0.560. The van der Waals surface area contributed by atoms with E-state index in [1.54, 1.807) is 5.57 Å². The van der Waals surface area contributed by atoms with Crippen molar-refractivity contribution in [1.82, 2.24) is 0 Å². The van der Waals surface area contributed by atoms with Gasteiger partial charge in [0.25, 0.3) is 0 Å². The van der Waals surface area contributed by atoms with Crippen molar-refractivity contribution >= 4 is 22.0 Å². The van der Waals surface area contributed by atoms with Gasteiger partial charge in [0.1, 0.15) is 0 Å². The lowest BCUT2D eigenvalue weighted by molar-refractivity contribution is 0.405. The first kappa shape index (κ1) is 13.4. The Kier molecular flexibility index (Phi) is 4.42. The third-order valence-corrected chi connectivity index (χ3v) is 5.27. The lowest BCUT2D eigenvalue weighted by Gasteiger charge is -2.23. The lowest BCUT2D eigenvalue weighted by atomic mass is 9.84. The summed E-state index contributed by atoms with van der Waals surface area (Å²) in [6, 6.07) is 9.27. The minimum absolute atomic E-state index is 0.816. The quantitative estimate of drug-likeness (QED) is 0.604. The number of halogens is 1. The van der Waals surface area contributed by atoms with Crippen molar-refractivity contribution in [3.8, 4) is 0 Å². The van der Waals surface area contributed by atoms with Gasteiger partial charge in [-0.3, -0.25) is 0 Å². The first-order valence-electron chi connectivity index (χ1n) is 7.73. The lowest BCUT2D eigenvalue weighted by Crippen LogP contribution is -2.10. The van der Waals surface area contributed by atoms with Gasteiger partial charge in [0, 0.05) is 5.33 Å². The fourth-order valence-electron chi connectivity index (χ4n) is 3.23. The van der Waals surface area contributed by atoms with Crippen LogP contribution in [0.5, 0.6) is 0 Å². The van der Waals surface area contributed by atoms with E-state index in [1.807, 2.05) is 0 Å². The van der Waals surface area contributed by atoms with E-state index in [-0.39, 0.29) is 0 Å². The highest BCUT2D eigenvalue weighted by Crippen LogP contribution is 2.40. The topological polar surface area (TPSA) is 0 Å². The summed E-state index contributed by atoms with van der Waals surface area (Å²) in [6.45, 7) is 0.